The minimum atomic E-state index is -0.320. The normalized spacial score (nSPS) is 19.0. The Kier molecular flexibility index (Phi) is 2.80. The highest BCUT2D eigenvalue weighted by Crippen LogP contribution is 2.46. The maximum atomic E-state index is 6.41. The van der Waals surface area contributed by atoms with E-state index in [1.807, 2.05) is 18.2 Å². The van der Waals surface area contributed by atoms with Gasteiger partial charge < -0.3 is 15.2 Å². The molecule has 0 spiro atoms. The van der Waals surface area contributed by atoms with Crippen LogP contribution in [0.4, 0.5) is 0 Å². The van der Waals surface area contributed by atoms with Gasteiger partial charge in [-0.1, -0.05) is 0 Å². The van der Waals surface area contributed by atoms with Crippen LogP contribution in [-0.2, 0) is 5.54 Å². The van der Waals surface area contributed by atoms with Gasteiger partial charge in [0, 0.05) is 11.1 Å². The van der Waals surface area contributed by atoms with Crippen LogP contribution in [0.5, 0.6) is 11.5 Å². The van der Waals surface area contributed by atoms with E-state index in [-0.39, 0.29) is 5.54 Å². The van der Waals surface area contributed by atoms with Gasteiger partial charge in [-0.15, -0.1) is 0 Å². The van der Waals surface area contributed by atoms with E-state index in [2.05, 4.69) is 6.92 Å². The largest absolute Gasteiger partial charge is 0.497 e. The monoisotopic (exact) mass is 221 g/mol. The maximum Gasteiger partial charge on any atom is 0.124 e. The molecule has 1 fully saturated rings. The molecule has 3 heteroatoms. The minimum Gasteiger partial charge on any atom is -0.497 e. The summed E-state index contributed by atoms with van der Waals surface area (Å²) in [5.41, 5.74) is 7.13. The first kappa shape index (κ1) is 11.3. The van der Waals surface area contributed by atoms with Crippen molar-refractivity contribution in [3.8, 4) is 11.5 Å². The summed E-state index contributed by atoms with van der Waals surface area (Å²) in [5, 5.41) is 0. The zero-order chi connectivity index (χ0) is 11.8. The lowest BCUT2D eigenvalue weighted by Crippen LogP contribution is -2.35. The van der Waals surface area contributed by atoms with Gasteiger partial charge in [0.25, 0.3) is 0 Å². The molecule has 0 radical (unpaired) electrons. The molecule has 1 aliphatic carbocycles. The van der Waals surface area contributed by atoms with E-state index in [0.717, 1.165) is 17.1 Å². The molecule has 0 heterocycles. The Labute approximate surface area is 96.5 Å². The van der Waals surface area contributed by atoms with Crippen molar-refractivity contribution in [2.45, 2.75) is 25.3 Å². The highest BCUT2D eigenvalue weighted by Gasteiger charge is 2.41. The average Bonchev–Trinajstić information content (AvgIpc) is 3.12. The van der Waals surface area contributed by atoms with Crippen LogP contribution >= 0.6 is 0 Å². The second-order valence-corrected chi connectivity index (χ2v) is 4.62. The molecule has 0 aliphatic heterocycles. The topological polar surface area (TPSA) is 44.5 Å². The van der Waals surface area contributed by atoms with E-state index in [9.17, 15) is 0 Å². The van der Waals surface area contributed by atoms with Gasteiger partial charge >= 0.3 is 0 Å². The Bertz CT molecular complexity index is 384. The SMILES string of the molecule is COc1ccc(OC)c(C(C)(N)C2CC2)c1. The van der Waals surface area contributed by atoms with Gasteiger partial charge in [0.1, 0.15) is 11.5 Å². The summed E-state index contributed by atoms with van der Waals surface area (Å²) in [6, 6.07) is 5.80. The Balaban J connectivity index is 2.43. The molecule has 0 saturated heterocycles. The zero-order valence-corrected chi connectivity index (χ0v) is 10.1. The molecule has 0 aromatic heterocycles. The van der Waals surface area contributed by atoms with Crippen molar-refractivity contribution in [1.29, 1.82) is 0 Å². The van der Waals surface area contributed by atoms with Gasteiger partial charge in [0.05, 0.1) is 14.2 Å². The fourth-order valence-corrected chi connectivity index (χ4v) is 2.14. The van der Waals surface area contributed by atoms with Gasteiger partial charge in [-0.25, -0.2) is 0 Å². The molecule has 1 unspecified atom stereocenters. The van der Waals surface area contributed by atoms with Crippen molar-refractivity contribution in [2.24, 2.45) is 11.7 Å². The van der Waals surface area contributed by atoms with Crippen LogP contribution in [0.1, 0.15) is 25.3 Å². The van der Waals surface area contributed by atoms with E-state index in [1.54, 1.807) is 14.2 Å². The number of nitrogens with two attached hydrogens (primary N) is 1. The number of methoxy groups -OCH3 is 2. The molecular weight excluding hydrogens is 202 g/mol. The summed E-state index contributed by atoms with van der Waals surface area (Å²) >= 11 is 0. The highest BCUT2D eigenvalue weighted by atomic mass is 16.5. The van der Waals surface area contributed by atoms with Crippen LogP contribution in [0, 0.1) is 5.92 Å². The smallest absolute Gasteiger partial charge is 0.124 e. The molecule has 1 aromatic carbocycles. The minimum absolute atomic E-state index is 0.320. The lowest BCUT2D eigenvalue weighted by molar-refractivity contribution is 0.362. The average molecular weight is 221 g/mol. The second-order valence-electron chi connectivity index (χ2n) is 4.62. The first-order valence-electron chi connectivity index (χ1n) is 5.61. The fourth-order valence-electron chi connectivity index (χ4n) is 2.14. The van der Waals surface area contributed by atoms with Crippen molar-refractivity contribution in [1.82, 2.24) is 0 Å². The van der Waals surface area contributed by atoms with Crippen LogP contribution in [0.25, 0.3) is 0 Å². The molecule has 1 saturated carbocycles. The number of benzene rings is 1. The maximum absolute atomic E-state index is 6.41. The Morgan fingerprint density at radius 1 is 1.25 bits per heavy atom. The first-order valence-corrected chi connectivity index (χ1v) is 5.61. The van der Waals surface area contributed by atoms with E-state index in [0.29, 0.717) is 5.92 Å². The summed E-state index contributed by atoms with van der Waals surface area (Å²) in [5.74, 6) is 2.24. The van der Waals surface area contributed by atoms with Crippen molar-refractivity contribution in [2.75, 3.05) is 14.2 Å². The number of rotatable bonds is 4. The fraction of sp³-hybridized carbons (Fsp3) is 0.538. The third-order valence-electron chi connectivity index (χ3n) is 3.41. The van der Waals surface area contributed by atoms with Crippen molar-refractivity contribution in [3.05, 3.63) is 23.8 Å². The van der Waals surface area contributed by atoms with Crippen LogP contribution < -0.4 is 15.2 Å². The second kappa shape index (κ2) is 3.98. The summed E-state index contributed by atoms with van der Waals surface area (Å²) in [4.78, 5) is 0. The number of hydrogen-bond acceptors (Lipinski definition) is 3. The molecule has 1 atom stereocenters. The Morgan fingerprint density at radius 3 is 2.44 bits per heavy atom. The zero-order valence-electron chi connectivity index (χ0n) is 10.1. The van der Waals surface area contributed by atoms with Gasteiger partial charge in [-0.3, -0.25) is 0 Å². The van der Waals surface area contributed by atoms with E-state index in [4.69, 9.17) is 15.2 Å². The molecule has 1 aromatic rings. The van der Waals surface area contributed by atoms with E-state index in [1.165, 1.54) is 12.8 Å². The molecule has 16 heavy (non-hydrogen) atoms. The third-order valence-corrected chi connectivity index (χ3v) is 3.41. The van der Waals surface area contributed by atoms with Crippen molar-refractivity contribution >= 4 is 0 Å². The first-order chi connectivity index (χ1) is 7.59. The van der Waals surface area contributed by atoms with Crippen molar-refractivity contribution in [3.63, 3.8) is 0 Å². The van der Waals surface area contributed by atoms with Crippen LogP contribution in [0.3, 0.4) is 0 Å². The molecule has 2 rings (SSSR count). The Morgan fingerprint density at radius 2 is 1.94 bits per heavy atom. The summed E-state index contributed by atoms with van der Waals surface area (Å²) in [6.45, 7) is 2.07. The quantitative estimate of drug-likeness (QED) is 0.848. The van der Waals surface area contributed by atoms with E-state index < -0.39 is 0 Å². The summed E-state index contributed by atoms with van der Waals surface area (Å²) in [6.07, 6.45) is 2.40. The third kappa shape index (κ3) is 1.87. The molecule has 0 bridgehead atoms. The lowest BCUT2D eigenvalue weighted by atomic mass is 9.87. The number of ether oxygens (including phenoxy) is 2. The van der Waals surface area contributed by atoms with Crippen LogP contribution in [0.15, 0.2) is 18.2 Å². The van der Waals surface area contributed by atoms with Gasteiger partial charge in [0.15, 0.2) is 0 Å². The van der Waals surface area contributed by atoms with Crippen LogP contribution in [-0.4, -0.2) is 14.2 Å². The molecule has 88 valence electrons. The molecule has 3 nitrogen and oxygen atoms in total. The predicted molar refractivity (Wildman–Crippen MR) is 63.8 cm³/mol. The van der Waals surface area contributed by atoms with Gasteiger partial charge in [0.2, 0.25) is 0 Å². The van der Waals surface area contributed by atoms with Gasteiger partial charge in [-0.05, 0) is 43.9 Å². The van der Waals surface area contributed by atoms with Crippen LogP contribution in [0.2, 0.25) is 0 Å². The predicted octanol–water partition coefficient (Wildman–Crippen LogP) is 2.29. The summed E-state index contributed by atoms with van der Waals surface area (Å²) in [7, 11) is 3.34. The molecule has 1 aliphatic rings. The highest BCUT2D eigenvalue weighted by molar-refractivity contribution is 5.45. The standard InChI is InChI=1S/C13H19NO2/c1-13(14,9-4-5-9)11-8-10(15-2)6-7-12(11)16-3/h6-9H,4-5,14H2,1-3H3. The number of hydrogen-bond donors (Lipinski definition) is 1. The van der Waals surface area contributed by atoms with Crippen molar-refractivity contribution < 1.29 is 9.47 Å². The summed E-state index contributed by atoms with van der Waals surface area (Å²) < 4.78 is 10.6. The van der Waals surface area contributed by atoms with Gasteiger partial charge in [-0.2, -0.15) is 0 Å². The molecule has 0 amide bonds. The Hall–Kier alpha value is -1.22. The molecular formula is C13H19NO2. The molecule has 2 N–H and O–H groups in total. The lowest BCUT2D eigenvalue weighted by Gasteiger charge is -2.27. The van der Waals surface area contributed by atoms with E-state index >= 15 is 0 Å².